The molecule has 1 aliphatic heterocycles. The van der Waals surface area contributed by atoms with Crippen molar-refractivity contribution in [2.45, 2.75) is 13.8 Å². The number of nitrogens with one attached hydrogen (secondary N) is 1. The summed E-state index contributed by atoms with van der Waals surface area (Å²) in [4.78, 5) is 13.0. The van der Waals surface area contributed by atoms with Gasteiger partial charge in [0, 0.05) is 29.9 Å². The summed E-state index contributed by atoms with van der Waals surface area (Å²) in [5.74, 6) is 0. The van der Waals surface area contributed by atoms with E-state index >= 15 is 0 Å². The van der Waals surface area contributed by atoms with E-state index in [1.807, 2.05) is 18.2 Å². The SMILES string of the molecule is Cc1sc(NC(=O)SN2CCOCC2)c(C#N)c1C. The molecule has 102 valence electrons. The first-order valence-electron chi connectivity index (χ1n) is 5.93. The van der Waals surface area contributed by atoms with Crippen molar-refractivity contribution in [3.63, 3.8) is 0 Å². The maximum atomic E-state index is 11.9. The first kappa shape index (κ1) is 14.3. The highest BCUT2D eigenvalue weighted by molar-refractivity contribution is 8.11. The first-order valence-corrected chi connectivity index (χ1v) is 7.52. The Morgan fingerprint density at radius 1 is 1.47 bits per heavy atom. The first-order chi connectivity index (χ1) is 9.11. The molecule has 7 heteroatoms. The van der Waals surface area contributed by atoms with Crippen LogP contribution in [0.25, 0.3) is 0 Å². The molecule has 1 aromatic heterocycles. The fourth-order valence-electron chi connectivity index (χ4n) is 1.72. The number of nitriles is 1. The summed E-state index contributed by atoms with van der Waals surface area (Å²) in [6.07, 6.45) is 0. The van der Waals surface area contributed by atoms with Crippen molar-refractivity contribution in [1.82, 2.24) is 4.31 Å². The zero-order valence-corrected chi connectivity index (χ0v) is 12.5. The molecule has 1 amide bonds. The lowest BCUT2D eigenvalue weighted by Crippen LogP contribution is -2.32. The second-order valence-electron chi connectivity index (χ2n) is 4.14. The van der Waals surface area contributed by atoms with Crippen molar-refractivity contribution in [2.75, 3.05) is 31.6 Å². The van der Waals surface area contributed by atoms with Crippen LogP contribution in [0.15, 0.2) is 0 Å². The monoisotopic (exact) mass is 297 g/mol. The van der Waals surface area contributed by atoms with Gasteiger partial charge in [0.1, 0.15) is 11.1 Å². The minimum atomic E-state index is -0.153. The van der Waals surface area contributed by atoms with Gasteiger partial charge in [0.25, 0.3) is 5.24 Å². The average molecular weight is 297 g/mol. The number of morpholine rings is 1. The van der Waals surface area contributed by atoms with E-state index in [0.717, 1.165) is 35.5 Å². The number of carbonyl (C=O) groups is 1. The van der Waals surface area contributed by atoms with Crippen molar-refractivity contribution < 1.29 is 9.53 Å². The number of anilines is 1. The Bertz CT molecular complexity index is 516. The van der Waals surface area contributed by atoms with Gasteiger partial charge in [-0.15, -0.1) is 11.3 Å². The quantitative estimate of drug-likeness (QED) is 0.850. The minimum Gasteiger partial charge on any atom is -0.379 e. The highest BCUT2D eigenvalue weighted by atomic mass is 32.2. The van der Waals surface area contributed by atoms with E-state index in [9.17, 15) is 4.79 Å². The van der Waals surface area contributed by atoms with Crippen LogP contribution < -0.4 is 5.32 Å². The molecule has 0 radical (unpaired) electrons. The molecule has 5 nitrogen and oxygen atoms in total. The molecule has 0 aliphatic carbocycles. The number of hydrogen-bond donors (Lipinski definition) is 1. The third kappa shape index (κ3) is 3.48. The third-order valence-electron chi connectivity index (χ3n) is 2.89. The smallest absolute Gasteiger partial charge is 0.299 e. The highest BCUT2D eigenvalue weighted by Crippen LogP contribution is 2.32. The van der Waals surface area contributed by atoms with Gasteiger partial charge in [-0.1, -0.05) is 0 Å². The zero-order chi connectivity index (χ0) is 13.8. The maximum Gasteiger partial charge on any atom is 0.299 e. The zero-order valence-electron chi connectivity index (χ0n) is 10.9. The second-order valence-corrected chi connectivity index (χ2v) is 6.44. The lowest BCUT2D eigenvalue weighted by Gasteiger charge is -2.24. The van der Waals surface area contributed by atoms with Crippen LogP contribution in [-0.4, -0.2) is 35.8 Å². The van der Waals surface area contributed by atoms with Crippen molar-refractivity contribution in [3.05, 3.63) is 16.0 Å². The molecule has 0 saturated carbocycles. The van der Waals surface area contributed by atoms with Crippen LogP contribution in [0.4, 0.5) is 9.80 Å². The normalized spacial score (nSPS) is 16.1. The van der Waals surface area contributed by atoms with Gasteiger partial charge < -0.3 is 10.1 Å². The van der Waals surface area contributed by atoms with Gasteiger partial charge >= 0.3 is 0 Å². The Balaban J connectivity index is 1.99. The molecule has 2 heterocycles. The predicted molar refractivity (Wildman–Crippen MR) is 77.5 cm³/mol. The lowest BCUT2D eigenvalue weighted by atomic mass is 10.2. The second kappa shape index (κ2) is 6.39. The van der Waals surface area contributed by atoms with Gasteiger partial charge in [0.15, 0.2) is 0 Å². The van der Waals surface area contributed by atoms with Crippen molar-refractivity contribution >= 4 is 33.5 Å². The van der Waals surface area contributed by atoms with Crippen LogP contribution in [0.5, 0.6) is 0 Å². The van der Waals surface area contributed by atoms with Crippen molar-refractivity contribution in [1.29, 1.82) is 5.26 Å². The van der Waals surface area contributed by atoms with Crippen LogP contribution in [0.2, 0.25) is 0 Å². The van der Waals surface area contributed by atoms with Crippen LogP contribution in [0, 0.1) is 25.2 Å². The Hall–Kier alpha value is -1.07. The molecule has 1 aliphatic rings. The summed E-state index contributed by atoms with van der Waals surface area (Å²) in [7, 11) is 0. The summed E-state index contributed by atoms with van der Waals surface area (Å²) in [6, 6.07) is 2.15. The Morgan fingerprint density at radius 3 is 2.79 bits per heavy atom. The summed E-state index contributed by atoms with van der Waals surface area (Å²) < 4.78 is 7.20. The third-order valence-corrected chi connectivity index (χ3v) is 4.91. The summed E-state index contributed by atoms with van der Waals surface area (Å²) >= 11 is 2.60. The molecular formula is C12H15N3O2S2. The molecule has 2 rings (SSSR count). The number of aryl methyl sites for hydroxylation is 1. The van der Waals surface area contributed by atoms with E-state index in [4.69, 9.17) is 10.00 Å². The van der Waals surface area contributed by atoms with Crippen LogP contribution in [0.1, 0.15) is 16.0 Å². The topological polar surface area (TPSA) is 65.4 Å². The van der Waals surface area contributed by atoms with Crippen LogP contribution in [-0.2, 0) is 4.74 Å². The van der Waals surface area contributed by atoms with Gasteiger partial charge in [-0.3, -0.25) is 4.79 Å². The molecule has 0 spiro atoms. The largest absolute Gasteiger partial charge is 0.379 e. The number of amides is 1. The number of nitrogens with zero attached hydrogens (tertiary/aromatic N) is 2. The standard InChI is InChI=1S/C12H15N3O2S2/c1-8-9(2)18-11(10(8)7-13)14-12(16)19-15-3-5-17-6-4-15/h3-6H2,1-2H3,(H,14,16). The summed E-state index contributed by atoms with van der Waals surface area (Å²) in [5, 5.41) is 12.4. The van der Waals surface area contributed by atoms with Gasteiger partial charge in [0.05, 0.1) is 18.8 Å². The van der Waals surface area contributed by atoms with Crippen molar-refractivity contribution in [2.24, 2.45) is 0 Å². The molecule has 0 unspecified atom stereocenters. The van der Waals surface area contributed by atoms with Crippen LogP contribution in [0.3, 0.4) is 0 Å². The molecule has 1 aromatic rings. The minimum absolute atomic E-state index is 0.153. The van der Waals surface area contributed by atoms with E-state index in [-0.39, 0.29) is 5.24 Å². The van der Waals surface area contributed by atoms with E-state index in [0.29, 0.717) is 23.8 Å². The molecule has 0 aromatic carbocycles. The fraction of sp³-hybridized carbons (Fsp3) is 0.500. The van der Waals surface area contributed by atoms with E-state index in [1.165, 1.54) is 11.3 Å². The Morgan fingerprint density at radius 2 is 2.16 bits per heavy atom. The van der Waals surface area contributed by atoms with Crippen molar-refractivity contribution in [3.8, 4) is 6.07 Å². The van der Waals surface area contributed by atoms with Crippen LogP contribution >= 0.6 is 23.3 Å². The average Bonchev–Trinajstić information content (AvgIpc) is 2.65. The number of rotatable bonds is 2. The molecular weight excluding hydrogens is 282 g/mol. The molecule has 19 heavy (non-hydrogen) atoms. The van der Waals surface area contributed by atoms with Gasteiger partial charge in [0.2, 0.25) is 0 Å². The van der Waals surface area contributed by atoms with Gasteiger partial charge in [-0.2, -0.15) is 5.26 Å². The van der Waals surface area contributed by atoms with E-state index in [1.54, 1.807) is 0 Å². The molecule has 0 bridgehead atoms. The molecule has 1 N–H and O–H groups in total. The molecule has 0 atom stereocenters. The number of carbonyl (C=O) groups excluding carboxylic acids is 1. The molecule has 1 saturated heterocycles. The predicted octanol–water partition coefficient (Wildman–Crippen LogP) is 2.75. The van der Waals surface area contributed by atoms with E-state index in [2.05, 4.69) is 11.4 Å². The number of ether oxygens (including phenoxy) is 1. The fourth-order valence-corrected chi connectivity index (χ4v) is 3.50. The summed E-state index contributed by atoms with van der Waals surface area (Å²) in [5.41, 5.74) is 1.51. The number of hydrogen-bond acceptors (Lipinski definition) is 6. The Labute approximate surface area is 120 Å². The summed E-state index contributed by atoms with van der Waals surface area (Å²) in [6.45, 7) is 6.64. The highest BCUT2D eigenvalue weighted by Gasteiger charge is 2.18. The van der Waals surface area contributed by atoms with E-state index < -0.39 is 0 Å². The number of thiophene rings is 1. The Kier molecular flexibility index (Phi) is 4.82. The maximum absolute atomic E-state index is 11.9. The lowest BCUT2D eigenvalue weighted by molar-refractivity contribution is 0.0776. The van der Waals surface area contributed by atoms with Gasteiger partial charge in [-0.25, -0.2) is 4.31 Å². The van der Waals surface area contributed by atoms with Gasteiger partial charge in [-0.05, 0) is 19.4 Å². The molecule has 1 fully saturated rings.